The summed E-state index contributed by atoms with van der Waals surface area (Å²) in [5.74, 6) is -1.34. The Morgan fingerprint density at radius 3 is 2.50 bits per heavy atom. The number of hydrogen-bond donors (Lipinski definition) is 2. The maximum absolute atomic E-state index is 12.2. The van der Waals surface area contributed by atoms with Gasteiger partial charge in [-0.15, -0.1) is 0 Å². The number of carbonyl (C=O) groups excluding carboxylic acids is 1. The van der Waals surface area contributed by atoms with Crippen LogP contribution < -0.4 is 0 Å². The summed E-state index contributed by atoms with van der Waals surface area (Å²) >= 11 is 0. The summed E-state index contributed by atoms with van der Waals surface area (Å²) in [4.78, 5) is 26.1. The first-order valence-corrected chi connectivity index (χ1v) is 5.57. The van der Waals surface area contributed by atoms with Crippen LogP contribution in [0.2, 0.25) is 0 Å². The molecule has 0 saturated carbocycles. The molecule has 0 bridgehead atoms. The van der Waals surface area contributed by atoms with Crippen LogP contribution in [0, 0.1) is 6.92 Å². The van der Waals surface area contributed by atoms with Gasteiger partial charge < -0.3 is 14.9 Å². The summed E-state index contributed by atoms with van der Waals surface area (Å²) in [5, 5.41) is 15.3. The van der Waals surface area contributed by atoms with E-state index >= 15 is 0 Å². The lowest BCUT2D eigenvalue weighted by Gasteiger charge is -2.22. The van der Waals surface area contributed by atoms with E-state index in [-0.39, 0.29) is 12.5 Å². The Hall–Kier alpha value is -1.89. The van der Waals surface area contributed by atoms with E-state index in [1.165, 1.54) is 11.1 Å². The Kier molecular flexibility index (Phi) is 4.85. The van der Waals surface area contributed by atoms with Gasteiger partial charge in [0, 0.05) is 18.8 Å². The van der Waals surface area contributed by atoms with Gasteiger partial charge in [0.2, 0.25) is 0 Å². The first-order valence-electron chi connectivity index (χ1n) is 5.57. The number of likely N-dealkylation sites (N-methyl/N-ethyl adjacent to an activating group) is 1. The molecular formula is C11H18N4O3. The molecule has 7 nitrogen and oxygen atoms in total. The predicted octanol–water partition coefficient (Wildman–Crippen LogP) is -0.193. The van der Waals surface area contributed by atoms with Crippen molar-refractivity contribution >= 4 is 11.9 Å². The third kappa shape index (κ3) is 3.85. The number of amides is 1. The van der Waals surface area contributed by atoms with Gasteiger partial charge in [-0.2, -0.15) is 5.10 Å². The first-order chi connectivity index (χ1) is 8.41. The van der Waals surface area contributed by atoms with Crippen LogP contribution in [0.4, 0.5) is 0 Å². The molecule has 1 aromatic heterocycles. The molecule has 1 rings (SSSR count). The minimum Gasteiger partial charge on any atom is -0.480 e. The molecule has 0 radical (unpaired) electrons. The standard InChI is InChI=1S/C11H18N4O3/c1-8-9(6-12-13-8)11(18)15(7-10(16)17)5-4-14(2)3/h6H,4-5,7H2,1-3H3,(H,12,13)(H,16,17). The van der Waals surface area contributed by atoms with Gasteiger partial charge in [-0.3, -0.25) is 14.7 Å². The summed E-state index contributed by atoms with van der Waals surface area (Å²) in [5.41, 5.74) is 1.05. The molecule has 100 valence electrons. The predicted molar refractivity (Wildman–Crippen MR) is 65.4 cm³/mol. The minimum absolute atomic E-state index is 0.308. The van der Waals surface area contributed by atoms with E-state index in [1.807, 2.05) is 19.0 Å². The van der Waals surface area contributed by atoms with Gasteiger partial charge in [0.15, 0.2) is 0 Å². The summed E-state index contributed by atoms with van der Waals surface area (Å²) in [7, 11) is 3.74. The average molecular weight is 254 g/mol. The van der Waals surface area contributed by atoms with Crippen molar-refractivity contribution in [3.8, 4) is 0 Å². The Morgan fingerprint density at radius 1 is 1.39 bits per heavy atom. The Morgan fingerprint density at radius 2 is 2.06 bits per heavy atom. The highest BCUT2D eigenvalue weighted by Gasteiger charge is 2.21. The number of aromatic nitrogens is 2. The number of aliphatic carboxylic acids is 1. The zero-order valence-electron chi connectivity index (χ0n) is 10.8. The summed E-state index contributed by atoms with van der Waals surface area (Å²) in [6.07, 6.45) is 1.42. The number of carbonyl (C=O) groups is 2. The van der Waals surface area contributed by atoms with Gasteiger partial charge in [-0.1, -0.05) is 0 Å². The Balaban J connectivity index is 2.79. The largest absolute Gasteiger partial charge is 0.480 e. The number of carboxylic acids is 1. The van der Waals surface area contributed by atoms with Crippen LogP contribution >= 0.6 is 0 Å². The van der Waals surface area contributed by atoms with Crippen molar-refractivity contribution < 1.29 is 14.7 Å². The molecule has 1 heterocycles. The van der Waals surface area contributed by atoms with E-state index in [4.69, 9.17) is 5.11 Å². The number of nitrogens with zero attached hydrogens (tertiary/aromatic N) is 3. The van der Waals surface area contributed by atoms with Crippen molar-refractivity contribution in [3.63, 3.8) is 0 Å². The number of H-pyrrole nitrogens is 1. The molecular weight excluding hydrogens is 236 g/mol. The van der Waals surface area contributed by atoms with E-state index in [9.17, 15) is 9.59 Å². The van der Waals surface area contributed by atoms with Crippen LogP contribution in [0.15, 0.2) is 6.20 Å². The highest BCUT2D eigenvalue weighted by molar-refractivity contribution is 5.96. The van der Waals surface area contributed by atoms with Gasteiger partial charge >= 0.3 is 5.97 Å². The molecule has 0 aliphatic carbocycles. The summed E-state index contributed by atoms with van der Waals surface area (Å²) < 4.78 is 0. The highest BCUT2D eigenvalue weighted by Crippen LogP contribution is 2.07. The zero-order chi connectivity index (χ0) is 13.7. The lowest BCUT2D eigenvalue weighted by atomic mass is 10.2. The van der Waals surface area contributed by atoms with E-state index in [2.05, 4.69) is 10.2 Å². The van der Waals surface area contributed by atoms with Crippen molar-refractivity contribution in [2.24, 2.45) is 0 Å². The summed E-state index contributed by atoms with van der Waals surface area (Å²) in [6.45, 7) is 2.39. The lowest BCUT2D eigenvalue weighted by Crippen LogP contribution is -2.40. The summed E-state index contributed by atoms with van der Waals surface area (Å²) in [6, 6.07) is 0. The molecule has 0 aliphatic heterocycles. The molecule has 1 amide bonds. The van der Waals surface area contributed by atoms with Crippen molar-refractivity contribution in [3.05, 3.63) is 17.5 Å². The molecule has 0 aromatic carbocycles. The van der Waals surface area contributed by atoms with Crippen molar-refractivity contribution in [2.75, 3.05) is 33.7 Å². The minimum atomic E-state index is -1.02. The van der Waals surface area contributed by atoms with Crippen LogP contribution in [0.5, 0.6) is 0 Å². The fourth-order valence-electron chi connectivity index (χ4n) is 1.47. The quantitative estimate of drug-likeness (QED) is 0.734. The van der Waals surface area contributed by atoms with Gasteiger partial charge in [0.05, 0.1) is 11.8 Å². The van der Waals surface area contributed by atoms with Crippen LogP contribution in [0.3, 0.4) is 0 Å². The third-order valence-corrected chi connectivity index (χ3v) is 2.49. The molecule has 18 heavy (non-hydrogen) atoms. The second-order valence-corrected chi connectivity index (χ2v) is 4.33. The van der Waals surface area contributed by atoms with Crippen molar-refractivity contribution in [1.29, 1.82) is 0 Å². The highest BCUT2D eigenvalue weighted by atomic mass is 16.4. The van der Waals surface area contributed by atoms with Crippen molar-refractivity contribution in [1.82, 2.24) is 20.0 Å². The average Bonchev–Trinajstić information content (AvgIpc) is 2.69. The van der Waals surface area contributed by atoms with Gasteiger partial charge in [-0.05, 0) is 21.0 Å². The first kappa shape index (κ1) is 14.2. The van der Waals surface area contributed by atoms with Gasteiger partial charge in [-0.25, -0.2) is 0 Å². The topological polar surface area (TPSA) is 89.5 Å². The van der Waals surface area contributed by atoms with E-state index in [1.54, 1.807) is 6.92 Å². The van der Waals surface area contributed by atoms with E-state index in [0.29, 0.717) is 24.3 Å². The van der Waals surface area contributed by atoms with E-state index in [0.717, 1.165) is 0 Å². The smallest absolute Gasteiger partial charge is 0.323 e. The zero-order valence-corrected chi connectivity index (χ0v) is 10.8. The number of carboxylic acid groups (broad SMARTS) is 1. The molecule has 7 heteroatoms. The molecule has 0 aliphatic rings. The maximum atomic E-state index is 12.2. The molecule has 2 N–H and O–H groups in total. The lowest BCUT2D eigenvalue weighted by molar-refractivity contribution is -0.137. The molecule has 0 fully saturated rings. The van der Waals surface area contributed by atoms with Crippen LogP contribution in [-0.2, 0) is 4.79 Å². The van der Waals surface area contributed by atoms with Crippen molar-refractivity contribution in [2.45, 2.75) is 6.92 Å². The monoisotopic (exact) mass is 254 g/mol. The Bertz CT molecular complexity index is 428. The fraction of sp³-hybridized carbons (Fsp3) is 0.545. The fourth-order valence-corrected chi connectivity index (χ4v) is 1.47. The third-order valence-electron chi connectivity index (χ3n) is 2.49. The maximum Gasteiger partial charge on any atom is 0.323 e. The van der Waals surface area contributed by atoms with Crippen LogP contribution in [-0.4, -0.2) is 70.7 Å². The second-order valence-electron chi connectivity index (χ2n) is 4.33. The normalized spacial score (nSPS) is 10.7. The number of aromatic amines is 1. The SMILES string of the molecule is Cc1[nH]ncc1C(=O)N(CCN(C)C)CC(=O)O. The van der Waals surface area contributed by atoms with Gasteiger partial charge in [0.1, 0.15) is 6.54 Å². The molecule has 0 atom stereocenters. The number of nitrogens with one attached hydrogen (secondary N) is 1. The molecule has 1 aromatic rings. The van der Waals surface area contributed by atoms with Crippen LogP contribution in [0.25, 0.3) is 0 Å². The second kappa shape index (κ2) is 6.15. The Labute approximate surface area is 105 Å². The molecule has 0 unspecified atom stereocenters. The van der Waals surface area contributed by atoms with E-state index < -0.39 is 5.97 Å². The van der Waals surface area contributed by atoms with Crippen LogP contribution in [0.1, 0.15) is 16.1 Å². The number of rotatable bonds is 6. The number of aryl methyl sites for hydroxylation is 1. The number of hydrogen-bond acceptors (Lipinski definition) is 4. The molecule has 0 saturated heterocycles. The van der Waals surface area contributed by atoms with Gasteiger partial charge in [0.25, 0.3) is 5.91 Å². The molecule has 0 spiro atoms.